The third-order valence-corrected chi connectivity index (χ3v) is 11.0. The molecule has 0 unspecified atom stereocenters. The van der Waals surface area contributed by atoms with Crippen molar-refractivity contribution >= 4 is 49.3 Å². The molecule has 0 spiro atoms. The van der Waals surface area contributed by atoms with Crippen LogP contribution in [0.25, 0.3) is 49.3 Å². The summed E-state index contributed by atoms with van der Waals surface area (Å²) in [6, 6.07) is 36.0. The van der Waals surface area contributed by atoms with E-state index in [4.69, 9.17) is 15.0 Å². The van der Waals surface area contributed by atoms with Crippen molar-refractivity contribution in [1.82, 2.24) is 28.2 Å². The van der Waals surface area contributed by atoms with Crippen LogP contribution in [-0.2, 0) is 58.6 Å². The summed E-state index contributed by atoms with van der Waals surface area (Å²) in [5.74, 6) is 0. The van der Waals surface area contributed by atoms with Gasteiger partial charge < -0.3 is 13.2 Å². The molecule has 0 fully saturated rings. The number of nitrogens with zero attached hydrogens (tertiary/aromatic N) is 6. The van der Waals surface area contributed by atoms with Gasteiger partial charge in [0.2, 0.25) is 0 Å². The molecule has 0 saturated heterocycles. The van der Waals surface area contributed by atoms with Crippen LogP contribution >= 0.6 is 0 Å². The summed E-state index contributed by atoms with van der Waals surface area (Å²) in [5.41, 5.74) is 13.9. The maximum absolute atomic E-state index is 5.10. The van der Waals surface area contributed by atoms with E-state index in [1.165, 1.54) is 49.5 Å². The van der Waals surface area contributed by atoms with E-state index in [-0.39, 0.29) is 20.1 Å². The van der Waals surface area contributed by atoms with Crippen molar-refractivity contribution in [2.45, 2.75) is 59.3 Å². The molecule has 0 aliphatic heterocycles. The molecule has 4 aromatic carbocycles. The van der Waals surface area contributed by atoms with Crippen LogP contribution in [0.15, 0.2) is 110 Å². The number of hydrogen-bond acceptors (Lipinski definition) is 3. The van der Waals surface area contributed by atoms with Gasteiger partial charge in [-0.3, -0.25) is 15.0 Å². The van der Waals surface area contributed by atoms with E-state index in [9.17, 15) is 0 Å². The molecule has 6 nitrogen and oxygen atoms in total. The normalized spacial score (nSPS) is 11.8. The summed E-state index contributed by atoms with van der Waals surface area (Å²) >= 11 is 0. The van der Waals surface area contributed by atoms with E-state index in [2.05, 4.69) is 126 Å². The van der Waals surface area contributed by atoms with Gasteiger partial charge in [0, 0.05) is 35.7 Å². The SMILES string of the molecule is Cc1cn2cc(CCc3cc(CCc4cn5cc(C)c6ccc[c-]c6c5n4)cc(CCc4cn5cc(C)c6ccc[c-]c6c5n4)c3)nc2c2[c-]cccc12.[Ir+3]. The number of benzene rings is 4. The first-order valence-electron chi connectivity index (χ1n) is 18.9. The first-order chi connectivity index (χ1) is 26.4. The molecule has 0 amide bonds. The van der Waals surface area contributed by atoms with Gasteiger partial charge in [-0.2, -0.15) is 0 Å². The Bertz CT molecular complexity index is 2720. The summed E-state index contributed by atoms with van der Waals surface area (Å²) in [4.78, 5) is 15.3. The number of imidazole rings is 3. The second kappa shape index (κ2) is 14.2. The molecular formula is C48H39IrN6. The zero-order valence-electron chi connectivity index (χ0n) is 31.2. The molecule has 0 N–H and O–H groups in total. The summed E-state index contributed by atoms with van der Waals surface area (Å²) < 4.78 is 6.50. The van der Waals surface area contributed by atoms with Crippen LogP contribution in [-0.4, -0.2) is 28.2 Å². The molecule has 0 radical (unpaired) electrons. The van der Waals surface area contributed by atoms with E-state index in [0.717, 1.165) is 88.7 Å². The first-order valence-corrected chi connectivity index (χ1v) is 18.9. The number of aryl methyl sites for hydroxylation is 9. The second-order valence-electron chi connectivity index (χ2n) is 14.9. The molecule has 0 aliphatic rings. The maximum atomic E-state index is 5.10. The zero-order valence-corrected chi connectivity index (χ0v) is 33.5. The van der Waals surface area contributed by atoms with Gasteiger partial charge in [0.15, 0.2) is 0 Å². The van der Waals surface area contributed by atoms with Crippen LogP contribution in [0, 0.1) is 39.0 Å². The molecule has 270 valence electrons. The Morgan fingerprint density at radius 2 is 0.745 bits per heavy atom. The number of rotatable bonds is 9. The van der Waals surface area contributed by atoms with Crippen LogP contribution in [0.1, 0.15) is 50.5 Å². The van der Waals surface area contributed by atoms with E-state index >= 15 is 0 Å². The fraction of sp³-hybridized carbons (Fsp3) is 0.188. The van der Waals surface area contributed by atoms with Gasteiger partial charge in [-0.25, -0.2) is 0 Å². The van der Waals surface area contributed by atoms with Crippen molar-refractivity contribution in [3.8, 4) is 0 Å². The van der Waals surface area contributed by atoms with Crippen LogP contribution < -0.4 is 0 Å². The third kappa shape index (κ3) is 6.52. The van der Waals surface area contributed by atoms with Crippen LogP contribution in [0.3, 0.4) is 0 Å². The molecular weight excluding hydrogens is 853 g/mol. The van der Waals surface area contributed by atoms with Gasteiger partial charge in [-0.15, -0.1) is 105 Å². The number of pyridine rings is 3. The van der Waals surface area contributed by atoms with Gasteiger partial charge >= 0.3 is 20.1 Å². The van der Waals surface area contributed by atoms with Gasteiger partial charge in [-0.05, 0) is 94.6 Å². The predicted octanol–water partition coefficient (Wildman–Crippen LogP) is 9.77. The minimum absolute atomic E-state index is 0. The van der Waals surface area contributed by atoms with Crippen molar-refractivity contribution in [2.24, 2.45) is 0 Å². The van der Waals surface area contributed by atoms with Gasteiger partial charge in [-0.1, -0.05) is 34.9 Å². The van der Waals surface area contributed by atoms with E-state index < -0.39 is 0 Å². The number of hydrogen-bond donors (Lipinski definition) is 0. The van der Waals surface area contributed by atoms with Crippen molar-refractivity contribution in [2.75, 3.05) is 0 Å². The molecule has 0 atom stereocenters. The zero-order chi connectivity index (χ0) is 36.3. The van der Waals surface area contributed by atoms with Gasteiger partial charge in [0.05, 0.1) is 16.9 Å². The third-order valence-electron chi connectivity index (χ3n) is 11.0. The Morgan fingerprint density at radius 3 is 1.05 bits per heavy atom. The number of fused-ring (bicyclic) bond motifs is 9. The van der Waals surface area contributed by atoms with Gasteiger partial charge in [0.25, 0.3) is 0 Å². The molecule has 10 rings (SSSR count). The molecule has 0 aliphatic carbocycles. The standard InChI is InChI=1S/C48H39N6.Ir/c1-31-25-52-28-37(49-46(52)43-13-7-4-10-40(31)43)19-16-34-22-35(17-20-38-29-53-26-32(2)41-11-5-8-14-44(41)47(53)50-38)24-36(23-34)18-21-39-30-54-27-33(3)42-12-6-9-15-45(42)48(54)51-39;/h4-12,22-30H,16-21H2,1-3H3;/q-3;+3. The van der Waals surface area contributed by atoms with Crippen LogP contribution in [0.5, 0.6) is 0 Å². The van der Waals surface area contributed by atoms with Crippen molar-refractivity contribution in [3.05, 3.63) is 179 Å². The Labute approximate surface area is 333 Å². The predicted molar refractivity (Wildman–Crippen MR) is 217 cm³/mol. The average Bonchev–Trinajstić information content (AvgIpc) is 3.93. The number of aromatic nitrogens is 6. The quantitative estimate of drug-likeness (QED) is 0.136. The first kappa shape index (κ1) is 35.1. The Morgan fingerprint density at radius 1 is 0.436 bits per heavy atom. The average molecular weight is 892 g/mol. The summed E-state index contributed by atoms with van der Waals surface area (Å²) in [6.45, 7) is 6.47. The molecule has 10 aromatic rings. The minimum atomic E-state index is 0. The smallest absolute Gasteiger partial charge is 0.347 e. The molecule has 0 bridgehead atoms. The minimum Gasteiger partial charge on any atom is -0.347 e. The van der Waals surface area contributed by atoms with E-state index in [1.54, 1.807) is 0 Å². The van der Waals surface area contributed by atoms with Crippen molar-refractivity contribution in [1.29, 1.82) is 0 Å². The molecule has 0 saturated carbocycles. The second-order valence-corrected chi connectivity index (χ2v) is 14.9. The largest absolute Gasteiger partial charge is 3.00 e. The maximum Gasteiger partial charge on any atom is 3.00 e. The van der Waals surface area contributed by atoms with Gasteiger partial charge in [0.1, 0.15) is 0 Å². The summed E-state index contributed by atoms with van der Waals surface area (Å²) in [5, 5.41) is 6.85. The van der Waals surface area contributed by atoms with E-state index in [1.807, 2.05) is 36.4 Å². The fourth-order valence-corrected chi connectivity index (χ4v) is 8.32. The fourth-order valence-electron chi connectivity index (χ4n) is 8.32. The van der Waals surface area contributed by atoms with Crippen molar-refractivity contribution < 1.29 is 20.1 Å². The summed E-state index contributed by atoms with van der Waals surface area (Å²) in [7, 11) is 0. The Balaban J connectivity index is 0.00000397. The summed E-state index contributed by atoms with van der Waals surface area (Å²) in [6.07, 6.45) is 18.4. The van der Waals surface area contributed by atoms with Crippen molar-refractivity contribution in [3.63, 3.8) is 0 Å². The molecule has 55 heavy (non-hydrogen) atoms. The molecule has 6 heterocycles. The van der Waals surface area contributed by atoms with Crippen LogP contribution in [0.4, 0.5) is 0 Å². The molecule has 6 aromatic heterocycles. The Kier molecular flexibility index (Phi) is 9.08. The van der Waals surface area contributed by atoms with E-state index in [0.29, 0.717) is 0 Å². The Hall–Kier alpha value is -5.62. The van der Waals surface area contributed by atoms with Crippen LogP contribution in [0.2, 0.25) is 0 Å². The molecule has 7 heteroatoms. The topological polar surface area (TPSA) is 51.9 Å². The monoisotopic (exact) mass is 892 g/mol.